The van der Waals surface area contributed by atoms with Crippen molar-refractivity contribution in [3.8, 4) is 0 Å². The summed E-state index contributed by atoms with van der Waals surface area (Å²) in [6.45, 7) is 0. The molecule has 0 aliphatic heterocycles. The molecule has 7 heteroatoms. The van der Waals surface area contributed by atoms with Crippen LogP contribution in [0.25, 0.3) is 0 Å². The Morgan fingerprint density at radius 1 is 1.62 bits per heavy atom. The Morgan fingerprint density at radius 3 is 2.69 bits per heavy atom. The molecule has 0 aliphatic carbocycles. The summed E-state index contributed by atoms with van der Waals surface area (Å²) in [7, 11) is -0.570. The molecule has 0 fully saturated rings. The normalized spacial score (nSPS) is 12.3. The first-order chi connectivity index (χ1) is 6.00. The smallest absolute Gasteiger partial charge is 0.239 e. The third kappa shape index (κ3) is 1.84. The lowest BCUT2D eigenvalue weighted by atomic mass is 10.7. The summed E-state index contributed by atoms with van der Waals surface area (Å²) in [4.78, 5) is 3.81. The lowest BCUT2D eigenvalue weighted by molar-refractivity contribution is 0.509. The van der Waals surface area contributed by atoms with E-state index in [1.54, 1.807) is 0 Å². The summed E-state index contributed by atoms with van der Waals surface area (Å²) in [5, 5.41) is 0. The summed E-state index contributed by atoms with van der Waals surface area (Å²) in [5.74, 6) is 0.385. The van der Waals surface area contributed by atoms with Crippen molar-refractivity contribution in [1.82, 2.24) is 13.3 Å². The van der Waals surface area contributed by atoms with Gasteiger partial charge < -0.3 is 0 Å². The molecule has 0 aliphatic rings. The third-order valence-electron chi connectivity index (χ3n) is 1.51. The highest BCUT2D eigenvalue weighted by Crippen LogP contribution is 2.07. The number of hydrogen-bond donors (Lipinski definition) is 0. The maximum atomic E-state index is 11.6. The minimum absolute atomic E-state index is 0.0695. The van der Waals surface area contributed by atoms with Gasteiger partial charge in [-0.2, -0.15) is 12.7 Å². The molecule has 5 nitrogen and oxygen atoms in total. The van der Waals surface area contributed by atoms with Crippen molar-refractivity contribution < 1.29 is 8.42 Å². The van der Waals surface area contributed by atoms with Crippen LogP contribution < -0.4 is 0 Å². The second kappa shape index (κ2) is 3.65. The summed E-state index contributed by atoms with van der Waals surface area (Å²) in [5.41, 5.74) is 0. The first kappa shape index (κ1) is 10.5. The fraction of sp³-hybridized carbons (Fsp3) is 0.500. The minimum Gasteiger partial charge on any atom is -0.239 e. The van der Waals surface area contributed by atoms with Gasteiger partial charge in [0.1, 0.15) is 5.82 Å². The maximum absolute atomic E-state index is 11.6. The highest BCUT2D eigenvalue weighted by molar-refractivity contribution is 7.87. The summed E-state index contributed by atoms with van der Waals surface area (Å²) in [6.07, 6.45) is 2.77. The van der Waals surface area contributed by atoms with Gasteiger partial charge in [0.2, 0.25) is 0 Å². The standard InChI is InChI=1S/C6H10ClN3O2S/c1-9(2)13(11,12)10-4-3-8-6(10)5-7/h3-4H,5H2,1-2H3. The predicted octanol–water partition coefficient (Wildman–Crippen LogP) is 0.276. The average Bonchev–Trinajstić information content (AvgIpc) is 2.51. The molecule has 0 spiro atoms. The van der Waals surface area contributed by atoms with Crippen molar-refractivity contribution in [2.75, 3.05) is 14.1 Å². The largest absolute Gasteiger partial charge is 0.308 e. The Hall–Kier alpha value is -0.590. The number of hydrogen-bond acceptors (Lipinski definition) is 3. The van der Waals surface area contributed by atoms with Crippen LogP contribution >= 0.6 is 11.6 Å². The molecule has 1 heterocycles. The second-order valence-electron chi connectivity index (χ2n) is 2.56. The fourth-order valence-corrected chi connectivity index (χ4v) is 2.01. The van der Waals surface area contributed by atoms with Crippen molar-refractivity contribution in [3.05, 3.63) is 18.2 Å². The van der Waals surface area contributed by atoms with E-state index in [0.717, 1.165) is 8.28 Å². The number of aromatic nitrogens is 2. The van der Waals surface area contributed by atoms with Crippen LogP contribution in [-0.4, -0.2) is 35.8 Å². The highest BCUT2D eigenvalue weighted by Gasteiger charge is 2.18. The Bertz CT molecular complexity index is 384. The molecule has 0 amide bonds. The van der Waals surface area contributed by atoms with Gasteiger partial charge in [0.15, 0.2) is 0 Å². The zero-order valence-electron chi connectivity index (χ0n) is 7.31. The number of halogens is 1. The second-order valence-corrected chi connectivity index (χ2v) is 4.85. The van der Waals surface area contributed by atoms with Gasteiger partial charge in [0.25, 0.3) is 0 Å². The predicted molar refractivity (Wildman–Crippen MR) is 49.8 cm³/mol. The maximum Gasteiger partial charge on any atom is 0.308 e. The molecule has 1 aromatic rings. The lowest BCUT2D eigenvalue weighted by Gasteiger charge is -2.12. The van der Waals surface area contributed by atoms with Crippen LogP contribution in [0.1, 0.15) is 5.82 Å². The zero-order valence-corrected chi connectivity index (χ0v) is 8.88. The van der Waals surface area contributed by atoms with Crippen LogP contribution in [0.5, 0.6) is 0 Å². The first-order valence-electron chi connectivity index (χ1n) is 3.51. The van der Waals surface area contributed by atoms with E-state index < -0.39 is 10.2 Å². The van der Waals surface area contributed by atoms with E-state index in [1.807, 2.05) is 0 Å². The molecule has 1 rings (SSSR count). The molecule has 0 saturated heterocycles. The van der Waals surface area contributed by atoms with Crippen LogP contribution in [-0.2, 0) is 16.1 Å². The monoisotopic (exact) mass is 223 g/mol. The van der Waals surface area contributed by atoms with Gasteiger partial charge in [-0.15, -0.1) is 11.6 Å². The lowest BCUT2D eigenvalue weighted by Crippen LogP contribution is -2.29. The average molecular weight is 224 g/mol. The SMILES string of the molecule is CN(C)S(=O)(=O)n1ccnc1CCl. The third-order valence-corrected chi connectivity index (χ3v) is 3.50. The molecular formula is C6H10ClN3O2S. The van der Waals surface area contributed by atoms with E-state index in [9.17, 15) is 8.42 Å². The molecule has 0 bridgehead atoms. The molecule has 74 valence electrons. The van der Waals surface area contributed by atoms with E-state index in [4.69, 9.17) is 11.6 Å². The molecule has 0 radical (unpaired) electrons. The Labute approximate surface area is 82.1 Å². The van der Waals surface area contributed by atoms with Gasteiger partial charge in [-0.1, -0.05) is 0 Å². The van der Waals surface area contributed by atoms with Crippen LogP contribution in [0.15, 0.2) is 12.4 Å². The topological polar surface area (TPSA) is 55.2 Å². The molecule has 0 unspecified atom stereocenters. The minimum atomic E-state index is -3.47. The van der Waals surface area contributed by atoms with Crippen LogP contribution in [0.3, 0.4) is 0 Å². The Balaban J connectivity index is 3.22. The summed E-state index contributed by atoms with van der Waals surface area (Å²) in [6, 6.07) is 0. The first-order valence-corrected chi connectivity index (χ1v) is 5.44. The molecule has 1 aromatic heterocycles. The van der Waals surface area contributed by atoms with Gasteiger partial charge >= 0.3 is 10.2 Å². The van der Waals surface area contributed by atoms with Crippen molar-refractivity contribution in [3.63, 3.8) is 0 Å². The van der Waals surface area contributed by atoms with Crippen molar-refractivity contribution in [2.24, 2.45) is 0 Å². The zero-order chi connectivity index (χ0) is 10.1. The number of imidazole rings is 1. The Kier molecular flexibility index (Phi) is 2.94. The molecule has 0 atom stereocenters. The molecular weight excluding hydrogens is 214 g/mol. The van der Waals surface area contributed by atoms with Crippen LogP contribution in [0.4, 0.5) is 0 Å². The highest BCUT2D eigenvalue weighted by atomic mass is 35.5. The van der Waals surface area contributed by atoms with Gasteiger partial charge in [-0.05, 0) is 0 Å². The van der Waals surface area contributed by atoms with Crippen molar-refractivity contribution >= 4 is 21.8 Å². The summed E-state index contributed by atoms with van der Waals surface area (Å²) < 4.78 is 25.3. The number of alkyl halides is 1. The van der Waals surface area contributed by atoms with E-state index in [-0.39, 0.29) is 5.88 Å². The van der Waals surface area contributed by atoms with Crippen molar-refractivity contribution in [1.29, 1.82) is 0 Å². The van der Waals surface area contributed by atoms with E-state index >= 15 is 0 Å². The summed E-state index contributed by atoms with van der Waals surface area (Å²) >= 11 is 5.52. The van der Waals surface area contributed by atoms with Gasteiger partial charge in [-0.25, -0.2) is 8.96 Å². The van der Waals surface area contributed by atoms with Crippen LogP contribution in [0, 0.1) is 0 Å². The van der Waals surface area contributed by atoms with Gasteiger partial charge in [-0.3, -0.25) is 0 Å². The van der Waals surface area contributed by atoms with Gasteiger partial charge in [0, 0.05) is 26.5 Å². The number of rotatable bonds is 3. The van der Waals surface area contributed by atoms with Gasteiger partial charge in [0.05, 0.1) is 5.88 Å². The Morgan fingerprint density at radius 2 is 2.23 bits per heavy atom. The quantitative estimate of drug-likeness (QED) is 0.692. The molecule has 13 heavy (non-hydrogen) atoms. The fourth-order valence-electron chi connectivity index (χ4n) is 0.802. The number of nitrogens with zero attached hydrogens (tertiary/aromatic N) is 3. The van der Waals surface area contributed by atoms with Crippen molar-refractivity contribution in [2.45, 2.75) is 5.88 Å². The van der Waals surface area contributed by atoms with E-state index in [0.29, 0.717) is 5.82 Å². The molecule has 0 N–H and O–H groups in total. The molecule has 0 aromatic carbocycles. The van der Waals surface area contributed by atoms with E-state index in [2.05, 4.69) is 4.98 Å². The van der Waals surface area contributed by atoms with Crippen LogP contribution in [0.2, 0.25) is 0 Å². The van der Waals surface area contributed by atoms with E-state index in [1.165, 1.54) is 26.5 Å². The molecule has 0 saturated carbocycles.